The molecule has 2 aromatic rings. The van der Waals surface area contributed by atoms with Crippen molar-refractivity contribution in [1.82, 2.24) is 0 Å². The zero-order valence-electron chi connectivity index (χ0n) is 14.7. The van der Waals surface area contributed by atoms with E-state index in [-0.39, 0.29) is 11.9 Å². The summed E-state index contributed by atoms with van der Waals surface area (Å²) in [5, 5.41) is 0.582. The normalized spacial score (nSPS) is 11.9. The van der Waals surface area contributed by atoms with Crippen LogP contribution in [0, 0.1) is 6.92 Å². The quantitative estimate of drug-likeness (QED) is 0.558. The average molecular weight is 361 g/mol. The fourth-order valence-electron chi connectivity index (χ4n) is 2.26. The van der Waals surface area contributed by atoms with Gasteiger partial charge in [0.05, 0.1) is 6.10 Å². The highest BCUT2D eigenvalue weighted by Gasteiger charge is 2.19. The van der Waals surface area contributed by atoms with Crippen LogP contribution in [-0.2, 0) is 9.53 Å². The van der Waals surface area contributed by atoms with E-state index in [0.29, 0.717) is 21.9 Å². The molecule has 25 heavy (non-hydrogen) atoms. The van der Waals surface area contributed by atoms with Gasteiger partial charge < -0.3 is 9.47 Å². The molecule has 0 aliphatic heterocycles. The molecule has 0 radical (unpaired) electrons. The molecule has 1 unspecified atom stereocenters. The van der Waals surface area contributed by atoms with E-state index in [1.165, 1.54) is 0 Å². The largest absolute Gasteiger partial charge is 0.479 e. The maximum absolute atomic E-state index is 12.5. The van der Waals surface area contributed by atoms with Crippen LogP contribution in [0.5, 0.6) is 5.75 Å². The monoisotopic (exact) mass is 360 g/mol. The fourth-order valence-corrected chi connectivity index (χ4v) is 2.38. The maximum Gasteiger partial charge on any atom is 0.347 e. The smallest absolute Gasteiger partial charge is 0.347 e. The van der Waals surface area contributed by atoms with E-state index >= 15 is 0 Å². The number of esters is 1. The predicted molar refractivity (Wildman–Crippen MR) is 97.4 cm³/mol. The van der Waals surface area contributed by atoms with Gasteiger partial charge in [-0.15, -0.1) is 0 Å². The van der Waals surface area contributed by atoms with Gasteiger partial charge >= 0.3 is 5.97 Å². The molecule has 0 fully saturated rings. The Balaban J connectivity index is 2.13. The lowest BCUT2D eigenvalue weighted by molar-refractivity contribution is -0.154. The number of rotatable bonds is 6. The lowest BCUT2D eigenvalue weighted by Crippen LogP contribution is -2.28. The van der Waals surface area contributed by atoms with Crippen molar-refractivity contribution in [3.05, 3.63) is 64.2 Å². The van der Waals surface area contributed by atoms with Gasteiger partial charge in [0.1, 0.15) is 5.75 Å². The van der Waals surface area contributed by atoms with Crippen LogP contribution in [0.15, 0.2) is 42.5 Å². The molecule has 0 saturated heterocycles. The first-order chi connectivity index (χ1) is 11.8. The summed E-state index contributed by atoms with van der Waals surface area (Å²) < 4.78 is 10.8. The van der Waals surface area contributed by atoms with Crippen LogP contribution in [0.4, 0.5) is 0 Å². The van der Waals surface area contributed by atoms with Crippen LogP contribution in [-0.4, -0.2) is 24.0 Å². The molecule has 0 spiro atoms. The molecule has 5 heteroatoms. The fraction of sp³-hybridized carbons (Fsp3) is 0.300. The Morgan fingerprint density at radius 2 is 1.56 bits per heavy atom. The zero-order chi connectivity index (χ0) is 18.6. The Kier molecular flexibility index (Phi) is 6.21. The number of hydrogen-bond acceptors (Lipinski definition) is 4. The molecule has 0 saturated carbocycles. The first-order valence-electron chi connectivity index (χ1n) is 8.06. The second kappa shape index (κ2) is 8.17. The van der Waals surface area contributed by atoms with Crippen LogP contribution >= 0.6 is 11.6 Å². The summed E-state index contributed by atoms with van der Waals surface area (Å²) in [4.78, 5) is 24.4. The minimum Gasteiger partial charge on any atom is -0.479 e. The molecule has 0 aromatic heterocycles. The first-order valence-corrected chi connectivity index (χ1v) is 8.43. The van der Waals surface area contributed by atoms with Crippen molar-refractivity contribution in [2.75, 3.05) is 0 Å². The van der Waals surface area contributed by atoms with Crippen LogP contribution in [0.2, 0.25) is 5.02 Å². The molecule has 4 nitrogen and oxygen atoms in total. The number of carbonyl (C=O) groups is 2. The van der Waals surface area contributed by atoms with Crippen LogP contribution in [0.3, 0.4) is 0 Å². The predicted octanol–water partition coefficient (Wildman–Crippen LogP) is 4.60. The lowest BCUT2D eigenvalue weighted by atomic mass is 10.0. The van der Waals surface area contributed by atoms with Gasteiger partial charge in [-0.25, -0.2) is 4.79 Å². The second-order valence-corrected chi connectivity index (χ2v) is 6.50. The summed E-state index contributed by atoms with van der Waals surface area (Å²) in [6, 6.07) is 11.9. The summed E-state index contributed by atoms with van der Waals surface area (Å²) in [5.74, 6) is 0.0233. The molecule has 0 N–H and O–H groups in total. The standard InChI is InChI=1S/C20H21ClO4/c1-12(2)24-20(23)14(4)25-18-10-7-16(11-13(18)3)19(22)15-5-8-17(21)9-6-15/h5-12,14H,1-4H3. The average Bonchev–Trinajstić information content (AvgIpc) is 2.56. The summed E-state index contributed by atoms with van der Waals surface area (Å²) in [6.07, 6.45) is -0.919. The summed E-state index contributed by atoms with van der Waals surface area (Å²) in [5.41, 5.74) is 1.87. The molecule has 132 valence electrons. The van der Waals surface area contributed by atoms with Gasteiger partial charge in [-0.3, -0.25) is 4.79 Å². The van der Waals surface area contributed by atoms with Gasteiger partial charge in [-0.05, 0) is 75.7 Å². The highest BCUT2D eigenvalue weighted by atomic mass is 35.5. The molecule has 0 amide bonds. The molecule has 0 heterocycles. The van der Waals surface area contributed by atoms with E-state index in [4.69, 9.17) is 21.1 Å². The minimum atomic E-state index is -0.723. The molecule has 0 aliphatic carbocycles. The van der Waals surface area contributed by atoms with Crippen molar-refractivity contribution >= 4 is 23.4 Å². The number of hydrogen-bond donors (Lipinski definition) is 0. The third-order valence-corrected chi connectivity index (χ3v) is 3.78. The molecule has 1 atom stereocenters. The Labute approximate surface area is 152 Å². The van der Waals surface area contributed by atoms with E-state index in [9.17, 15) is 9.59 Å². The molecule has 2 rings (SSSR count). The second-order valence-electron chi connectivity index (χ2n) is 6.06. The highest BCUT2D eigenvalue weighted by Crippen LogP contribution is 2.23. The van der Waals surface area contributed by atoms with Gasteiger partial charge in [0.15, 0.2) is 11.9 Å². The molecular formula is C20H21ClO4. The van der Waals surface area contributed by atoms with Crippen molar-refractivity contribution < 1.29 is 19.1 Å². The van der Waals surface area contributed by atoms with Crippen LogP contribution in [0.1, 0.15) is 42.3 Å². The number of aryl methyl sites for hydroxylation is 1. The van der Waals surface area contributed by atoms with E-state index in [1.54, 1.807) is 63.2 Å². The Morgan fingerprint density at radius 3 is 2.12 bits per heavy atom. The molecular weight excluding hydrogens is 340 g/mol. The van der Waals surface area contributed by atoms with Crippen LogP contribution in [0.25, 0.3) is 0 Å². The Bertz CT molecular complexity index is 766. The third-order valence-electron chi connectivity index (χ3n) is 3.53. The van der Waals surface area contributed by atoms with Crippen molar-refractivity contribution in [2.45, 2.75) is 39.9 Å². The molecule has 0 aliphatic rings. The molecule has 2 aromatic carbocycles. The van der Waals surface area contributed by atoms with E-state index < -0.39 is 12.1 Å². The van der Waals surface area contributed by atoms with Crippen molar-refractivity contribution in [1.29, 1.82) is 0 Å². The number of ketones is 1. The van der Waals surface area contributed by atoms with E-state index in [2.05, 4.69) is 0 Å². The van der Waals surface area contributed by atoms with Gasteiger partial charge in [0.25, 0.3) is 0 Å². The summed E-state index contributed by atoms with van der Waals surface area (Å²) in [6.45, 7) is 7.03. The number of carbonyl (C=O) groups excluding carboxylic acids is 2. The third kappa shape index (κ3) is 5.07. The Morgan fingerprint density at radius 1 is 0.960 bits per heavy atom. The summed E-state index contributed by atoms with van der Waals surface area (Å²) >= 11 is 5.85. The first kappa shape index (κ1) is 19.0. The Hall–Kier alpha value is -2.33. The number of benzene rings is 2. The van der Waals surface area contributed by atoms with Gasteiger partial charge in [-0.2, -0.15) is 0 Å². The minimum absolute atomic E-state index is 0.0985. The zero-order valence-corrected chi connectivity index (χ0v) is 15.5. The SMILES string of the molecule is Cc1cc(C(=O)c2ccc(Cl)cc2)ccc1OC(C)C(=O)OC(C)C. The highest BCUT2D eigenvalue weighted by molar-refractivity contribution is 6.30. The van der Waals surface area contributed by atoms with E-state index in [1.807, 2.05) is 6.92 Å². The topological polar surface area (TPSA) is 52.6 Å². The lowest BCUT2D eigenvalue weighted by Gasteiger charge is -2.17. The maximum atomic E-state index is 12.5. The van der Waals surface area contributed by atoms with E-state index in [0.717, 1.165) is 5.56 Å². The van der Waals surface area contributed by atoms with Crippen molar-refractivity contribution in [3.8, 4) is 5.75 Å². The van der Waals surface area contributed by atoms with Gasteiger partial charge in [0.2, 0.25) is 0 Å². The van der Waals surface area contributed by atoms with Gasteiger partial charge in [-0.1, -0.05) is 11.6 Å². The molecule has 0 bridgehead atoms. The number of ether oxygens (including phenoxy) is 2. The van der Waals surface area contributed by atoms with Crippen molar-refractivity contribution in [3.63, 3.8) is 0 Å². The number of halogens is 1. The van der Waals surface area contributed by atoms with Gasteiger partial charge in [0, 0.05) is 16.1 Å². The van der Waals surface area contributed by atoms with Crippen molar-refractivity contribution in [2.24, 2.45) is 0 Å². The van der Waals surface area contributed by atoms with Crippen LogP contribution < -0.4 is 4.74 Å². The summed E-state index contributed by atoms with van der Waals surface area (Å²) in [7, 11) is 0.